The molecular formula is C25H38N6O4. The van der Waals surface area contributed by atoms with Gasteiger partial charge in [0.1, 0.15) is 12.1 Å². The van der Waals surface area contributed by atoms with Crippen LogP contribution in [0.15, 0.2) is 18.2 Å². The second kappa shape index (κ2) is 12.4. The normalized spacial score (nSPS) is 17.8. The van der Waals surface area contributed by atoms with E-state index in [1.807, 2.05) is 6.92 Å². The van der Waals surface area contributed by atoms with E-state index >= 15 is 0 Å². The second-order valence-electron chi connectivity index (χ2n) is 9.65. The Balaban J connectivity index is 1.48. The molecule has 35 heavy (non-hydrogen) atoms. The highest BCUT2D eigenvalue weighted by Gasteiger charge is 2.23. The molecule has 0 saturated heterocycles. The first-order chi connectivity index (χ1) is 16.7. The van der Waals surface area contributed by atoms with Gasteiger partial charge in [0.05, 0.1) is 0 Å². The molecule has 6 N–H and O–H groups in total. The summed E-state index contributed by atoms with van der Waals surface area (Å²) >= 11 is 0. The van der Waals surface area contributed by atoms with Gasteiger partial charge in [-0.3, -0.25) is 9.59 Å². The van der Waals surface area contributed by atoms with Crippen molar-refractivity contribution < 1.29 is 19.2 Å². The number of aryl methyl sites for hydroxylation is 1. The maximum Gasteiger partial charge on any atom is 0.319 e. The van der Waals surface area contributed by atoms with Crippen LogP contribution in [0.25, 0.3) is 0 Å². The molecule has 2 atom stereocenters. The molecule has 1 aromatic carbocycles. The summed E-state index contributed by atoms with van der Waals surface area (Å²) in [5, 5.41) is 16.7. The maximum atomic E-state index is 12.5. The van der Waals surface area contributed by atoms with E-state index in [1.165, 1.54) is 0 Å². The Morgan fingerprint density at radius 2 is 1.20 bits per heavy atom. The number of rotatable bonds is 8. The lowest BCUT2D eigenvalue weighted by Gasteiger charge is -2.19. The van der Waals surface area contributed by atoms with Crippen molar-refractivity contribution in [1.82, 2.24) is 21.3 Å². The lowest BCUT2D eigenvalue weighted by molar-refractivity contribution is -0.123. The summed E-state index contributed by atoms with van der Waals surface area (Å²) < 4.78 is 0. The minimum absolute atomic E-state index is 0.183. The van der Waals surface area contributed by atoms with Crippen molar-refractivity contribution in [2.24, 2.45) is 0 Å². The van der Waals surface area contributed by atoms with Gasteiger partial charge < -0.3 is 31.9 Å². The van der Waals surface area contributed by atoms with Crippen LogP contribution in [-0.2, 0) is 9.59 Å². The molecule has 192 valence electrons. The molecule has 0 unspecified atom stereocenters. The van der Waals surface area contributed by atoms with Gasteiger partial charge in [-0.2, -0.15) is 0 Å². The van der Waals surface area contributed by atoms with Crippen molar-refractivity contribution in [1.29, 1.82) is 0 Å². The molecule has 0 bridgehead atoms. The number of carbonyl (C=O) groups excluding carboxylic acids is 4. The van der Waals surface area contributed by atoms with E-state index < -0.39 is 24.1 Å². The second-order valence-corrected chi connectivity index (χ2v) is 9.65. The molecule has 2 aliphatic rings. The van der Waals surface area contributed by atoms with Crippen molar-refractivity contribution in [3.63, 3.8) is 0 Å². The molecule has 10 nitrogen and oxygen atoms in total. The summed E-state index contributed by atoms with van der Waals surface area (Å²) in [7, 11) is 0. The van der Waals surface area contributed by atoms with Crippen LogP contribution in [0.2, 0.25) is 0 Å². The van der Waals surface area contributed by atoms with Crippen LogP contribution in [0, 0.1) is 6.92 Å². The fourth-order valence-electron chi connectivity index (χ4n) is 4.48. The van der Waals surface area contributed by atoms with Gasteiger partial charge >= 0.3 is 12.1 Å². The molecule has 0 heterocycles. The molecule has 2 saturated carbocycles. The fourth-order valence-corrected chi connectivity index (χ4v) is 4.48. The van der Waals surface area contributed by atoms with E-state index in [0.717, 1.165) is 56.9 Å². The molecule has 0 spiro atoms. The Morgan fingerprint density at radius 3 is 1.69 bits per heavy atom. The van der Waals surface area contributed by atoms with Crippen LogP contribution in [0.5, 0.6) is 0 Å². The van der Waals surface area contributed by atoms with Crippen molar-refractivity contribution in [2.75, 3.05) is 10.6 Å². The van der Waals surface area contributed by atoms with E-state index in [1.54, 1.807) is 32.0 Å². The molecule has 2 fully saturated rings. The SMILES string of the molecule is Cc1ccc(NC(=O)N[C@@H](C)C(=O)NC2CCCC2)cc1NC(=O)N[C@H](C)C(=O)NC1CCCC1. The highest BCUT2D eigenvalue weighted by Crippen LogP contribution is 2.21. The van der Waals surface area contributed by atoms with Crippen molar-refractivity contribution in [3.8, 4) is 0 Å². The summed E-state index contributed by atoms with van der Waals surface area (Å²) in [6, 6.07) is 3.07. The van der Waals surface area contributed by atoms with Crippen LogP contribution in [0.3, 0.4) is 0 Å². The van der Waals surface area contributed by atoms with E-state index in [4.69, 9.17) is 0 Å². The third kappa shape index (κ3) is 8.15. The molecule has 0 aliphatic heterocycles. The van der Waals surface area contributed by atoms with Crippen LogP contribution in [-0.4, -0.2) is 48.0 Å². The minimum atomic E-state index is -0.681. The first-order valence-corrected chi connectivity index (χ1v) is 12.6. The Kier molecular flexibility index (Phi) is 9.33. The molecule has 0 aromatic heterocycles. The summed E-state index contributed by atoms with van der Waals surface area (Å²) in [5.41, 5.74) is 1.74. The van der Waals surface area contributed by atoms with Crippen molar-refractivity contribution in [3.05, 3.63) is 23.8 Å². The van der Waals surface area contributed by atoms with Gasteiger partial charge in [-0.15, -0.1) is 0 Å². The van der Waals surface area contributed by atoms with Gasteiger partial charge in [0.2, 0.25) is 11.8 Å². The fraction of sp³-hybridized carbons (Fsp3) is 0.600. The smallest absolute Gasteiger partial charge is 0.319 e. The van der Waals surface area contributed by atoms with E-state index in [-0.39, 0.29) is 23.9 Å². The number of hydrogen-bond donors (Lipinski definition) is 6. The van der Waals surface area contributed by atoms with Gasteiger partial charge in [-0.1, -0.05) is 31.7 Å². The summed E-state index contributed by atoms with van der Waals surface area (Å²) in [5.74, 6) is -0.414. The quantitative estimate of drug-likeness (QED) is 0.336. The van der Waals surface area contributed by atoms with E-state index in [2.05, 4.69) is 31.9 Å². The molecule has 10 heteroatoms. The zero-order valence-corrected chi connectivity index (χ0v) is 20.8. The number of nitrogens with one attached hydrogen (secondary N) is 6. The van der Waals surface area contributed by atoms with Crippen LogP contribution >= 0.6 is 0 Å². The van der Waals surface area contributed by atoms with Crippen LogP contribution < -0.4 is 31.9 Å². The number of benzene rings is 1. The molecule has 3 rings (SSSR count). The third-order valence-electron chi connectivity index (χ3n) is 6.63. The van der Waals surface area contributed by atoms with E-state index in [9.17, 15) is 19.2 Å². The van der Waals surface area contributed by atoms with Crippen LogP contribution in [0.4, 0.5) is 21.0 Å². The zero-order valence-electron chi connectivity index (χ0n) is 20.8. The van der Waals surface area contributed by atoms with Crippen molar-refractivity contribution in [2.45, 2.75) is 96.3 Å². The van der Waals surface area contributed by atoms with Gasteiger partial charge in [-0.05, 0) is 64.2 Å². The monoisotopic (exact) mass is 486 g/mol. The lowest BCUT2D eigenvalue weighted by Crippen LogP contribution is -2.48. The molecule has 0 radical (unpaired) electrons. The standard InChI is InChI=1S/C25H38N6O4/c1-15-12-13-20(30-24(34)26-16(2)22(32)28-18-8-4-5-9-18)14-21(15)31-25(35)27-17(3)23(33)29-19-10-6-7-11-19/h12-14,16-19H,4-11H2,1-3H3,(H,28,32)(H,29,33)(H2,26,30,34)(H2,27,31,35)/t16-,17+/m0/s1. The largest absolute Gasteiger partial charge is 0.352 e. The molecule has 6 amide bonds. The first-order valence-electron chi connectivity index (χ1n) is 12.6. The Labute approximate surface area is 206 Å². The maximum absolute atomic E-state index is 12.5. The highest BCUT2D eigenvalue weighted by molar-refractivity contribution is 5.96. The van der Waals surface area contributed by atoms with Gasteiger partial charge in [0, 0.05) is 23.5 Å². The number of amides is 6. The zero-order chi connectivity index (χ0) is 25.4. The molecule has 1 aromatic rings. The molecule has 2 aliphatic carbocycles. The van der Waals surface area contributed by atoms with E-state index in [0.29, 0.717) is 11.4 Å². The van der Waals surface area contributed by atoms with Gasteiger partial charge in [-0.25, -0.2) is 9.59 Å². The Bertz CT molecular complexity index is 925. The lowest BCUT2D eigenvalue weighted by atomic mass is 10.2. The molecular weight excluding hydrogens is 448 g/mol. The highest BCUT2D eigenvalue weighted by atomic mass is 16.2. The van der Waals surface area contributed by atoms with Gasteiger partial charge in [0.25, 0.3) is 0 Å². The third-order valence-corrected chi connectivity index (χ3v) is 6.63. The summed E-state index contributed by atoms with van der Waals surface area (Å²) in [6.07, 6.45) is 8.34. The predicted molar refractivity (Wildman–Crippen MR) is 135 cm³/mol. The average molecular weight is 487 g/mol. The Hall–Kier alpha value is -3.30. The average Bonchev–Trinajstić information content (AvgIpc) is 3.50. The van der Waals surface area contributed by atoms with Crippen LogP contribution in [0.1, 0.15) is 70.8 Å². The number of anilines is 2. The Morgan fingerprint density at radius 1 is 0.743 bits per heavy atom. The summed E-state index contributed by atoms with van der Waals surface area (Å²) in [6.45, 7) is 5.11. The van der Waals surface area contributed by atoms with Gasteiger partial charge in [0.15, 0.2) is 0 Å². The number of urea groups is 2. The minimum Gasteiger partial charge on any atom is -0.352 e. The topological polar surface area (TPSA) is 140 Å². The first kappa shape index (κ1) is 26.3. The summed E-state index contributed by atoms with van der Waals surface area (Å²) in [4.78, 5) is 49.5. The number of carbonyl (C=O) groups is 4. The number of hydrogen-bond acceptors (Lipinski definition) is 4. The predicted octanol–water partition coefficient (Wildman–Crippen LogP) is 3.13. The van der Waals surface area contributed by atoms with Crippen molar-refractivity contribution >= 4 is 35.3 Å².